The first-order valence-corrected chi connectivity index (χ1v) is 10.6. The molecule has 1 aliphatic rings. The van der Waals surface area contributed by atoms with Crippen molar-refractivity contribution < 1.29 is 19.0 Å². The summed E-state index contributed by atoms with van der Waals surface area (Å²) in [6, 6.07) is 25.0. The Labute approximate surface area is 191 Å². The van der Waals surface area contributed by atoms with E-state index in [4.69, 9.17) is 14.2 Å². The molecule has 0 atom stereocenters. The van der Waals surface area contributed by atoms with Gasteiger partial charge in [-0.15, -0.1) is 0 Å². The molecule has 0 fully saturated rings. The van der Waals surface area contributed by atoms with E-state index in [1.165, 1.54) is 0 Å². The molecule has 0 spiro atoms. The molecule has 0 amide bonds. The summed E-state index contributed by atoms with van der Waals surface area (Å²) in [6.07, 6.45) is 3.79. The molecule has 4 aromatic rings. The lowest BCUT2D eigenvalue weighted by Crippen LogP contribution is -2.07. The zero-order chi connectivity index (χ0) is 22.6. The molecule has 33 heavy (non-hydrogen) atoms. The summed E-state index contributed by atoms with van der Waals surface area (Å²) in [4.78, 5) is 16.9. The number of ether oxygens (including phenoxy) is 3. The predicted octanol–water partition coefficient (Wildman–Crippen LogP) is 5.07. The van der Waals surface area contributed by atoms with Gasteiger partial charge in [0.2, 0.25) is 5.90 Å². The lowest BCUT2D eigenvalue weighted by Gasteiger charge is -2.09. The molecule has 0 unspecified atom stereocenters. The van der Waals surface area contributed by atoms with E-state index in [9.17, 15) is 4.79 Å². The molecule has 5 rings (SSSR count). The van der Waals surface area contributed by atoms with Gasteiger partial charge in [0.15, 0.2) is 5.70 Å². The van der Waals surface area contributed by atoms with Crippen LogP contribution in [0.2, 0.25) is 0 Å². The Hall–Kier alpha value is -4.32. The van der Waals surface area contributed by atoms with Crippen molar-refractivity contribution in [1.29, 1.82) is 0 Å². The Morgan fingerprint density at radius 3 is 2.45 bits per heavy atom. The number of aliphatic imine (C=N–C) groups is 1. The predicted molar refractivity (Wildman–Crippen MR) is 127 cm³/mol. The van der Waals surface area contributed by atoms with Crippen molar-refractivity contribution in [2.24, 2.45) is 4.99 Å². The molecule has 3 aromatic carbocycles. The van der Waals surface area contributed by atoms with E-state index in [0.717, 1.165) is 33.5 Å². The first kappa shape index (κ1) is 20.6. The summed E-state index contributed by atoms with van der Waals surface area (Å²) in [5, 5.41) is 1.03. The number of benzene rings is 3. The van der Waals surface area contributed by atoms with E-state index in [2.05, 4.69) is 15.6 Å². The lowest BCUT2D eigenvalue weighted by molar-refractivity contribution is -0.129. The molecule has 2 heterocycles. The third-order valence-electron chi connectivity index (χ3n) is 5.41. The van der Waals surface area contributed by atoms with Crippen molar-refractivity contribution in [3.63, 3.8) is 0 Å². The molecule has 6 heteroatoms. The number of methoxy groups -OCH3 is 1. The van der Waals surface area contributed by atoms with Crippen molar-refractivity contribution in [3.8, 4) is 11.5 Å². The third kappa shape index (κ3) is 4.36. The standard InChI is InChI=1S/C27H22N2O4/c1-31-21-11-13-22(14-12-21)32-16-15-29-18-20(23-9-5-6-10-25(23)29)17-24-27(30)33-26(28-24)19-7-3-2-4-8-19/h2-14,17-18H,15-16H2,1H3/b24-17+. The molecular formula is C27H22N2O4. The molecule has 1 aromatic heterocycles. The molecule has 0 saturated heterocycles. The van der Waals surface area contributed by atoms with Crippen LogP contribution in [0.3, 0.4) is 0 Å². The van der Waals surface area contributed by atoms with E-state index in [0.29, 0.717) is 19.0 Å². The van der Waals surface area contributed by atoms with Crippen molar-refractivity contribution >= 4 is 28.8 Å². The largest absolute Gasteiger partial charge is 0.497 e. The van der Waals surface area contributed by atoms with Crippen LogP contribution in [0.1, 0.15) is 11.1 Å². The van der Waals surface area contributed by atoms with Crippen LogP contribution in [0.4, 0.5) is 0 Å². The quantitative estimate of drug-likeness (QED) is 0.298. The highest BCUT2D eigenvalue weighted by molar-refractivity contribution is 6.13. The summed E-state index contributed by atoms with van der Waals surface area (Å²) in [5.41, 5.74) is 3.01. The Morgan fingerprint density at radius 2 is 1.67 bits per heavy atom. The van der Waals surface area contributed by atoms with Gasteiger partial charge >= 0.3 is 5.97 Å². The number of cyclic esters (lactones) is 1. The summed E-state index contributed by atoms with van der Waals surface area (Å²) >= 11 is 0. The molecular weight excluding hydrogens is 416 g/mol. The van der Waals surface area contributed by atoms with Gasteiger partial charge in [0, 0.05) is 28.2 Å². The minimum absolute atomic E-state index is 0.284. The second-order valence-corrected chi connectivity index (χ2v) is 7.52. The van der Waals surface area contributed by atoms with Crippen molar-refractivity contribution in [1.82, 2.24) is 4.57 Å². The van der Waals surface area contributed by atoms with E-state index in [1.54, 1.807) is 13.2 Å². The van der Waals surface area contributed by atoms with Gasteiger partial charge in [0.1, 0.15) is 18.1 Å². The highest BCUT2D eigenvalue weighted by atomic mass is 16.6. The molecule has 0 aliphatic carbocycles. The topological polar surface area (TPSA) is 62.1 Å². The number of rotatable bonds is 7. The number of esters is 1. The second-order valence-electron chi connectivity index (χ2n) is 7.52. The van der Waals surface area contributed by atoms with Crippen LogP contribution in [0.15, 0.2) is 95.7 Å². The van der Waals surface area contributed by atoms with E-state index in [1.807, 2.05) is 79.0 Å². The molecule has 164 valence electrons. The molecule has 0 saturated carbocycles. The normalized spacial score (nSPS) is 14.4. The number of aromatic nitrogens is 1. The third-order valence-corrected chi connectivity index (χ3v) is 5.41. The number of para-hydroxylation sites is 1. The maximum atomic E-state index is 12.4. The fourth-order valence-electron chi connectivity index (χ4n) is 3.77. The number of carbonyl (C=O) groups excluding carboxylic acids is 1. The first-order valence-electron chi connectivity index (χ1n) is 10.6. The van der Waals surface area contributed by atoms with Gasteiger partial charge in [-0.25, -0.2) is 9.79 Å². The summed E-state index contributed by atoms with van der Waals surface area (Å²) in [7, 11) is 1.64. The van der Waals surface area contributed by atoms with E-state index < -0.39 is 5.97 Å². The lowest BCUT2D eigenvalue weighted by atomic mass is 10.1. The van der Waals surface area contributed by atoms with Gasteiger partial charge in [-0.05, 0) is 48.5 Å². The van der Waals surface area contributed by atoms with Gasteiger partial charge in [0.25, 0.3) is 0 Å². The van der Waals surface area contributed by atoms with Crippen LogP contribution in [0, 0.1) is 0 Å². The van der Waals surface area contributed by atoms with Crippen LogP contribution in [0.25, 0.3) is 17.0 Å². The monoisotopic (exact) mass is 438 g/mol. The number of hydrogen-bond donors (Lipinski definition) is 0. The van der Waals surface area contributed by atoms with Gasteiger partial charge < -0.3 is 18.8 Å². The van der Waals surface area contributed by atoms with Crippen molar-refractivity contribution in [2.45, 2.75) is 6.54 Å². The van der Waals surface area contributed by atoms with E-state index in [-0.39, 0.29) is 5.70 Å². The molecule has 0 radical (unpaired) electrons. The van der Waals surface area contributed by atoms with Crippen molar-refractivity contribution in [2.75, 3.05) is 13.7 Å². The highest BCUT2D eigenvalue weighted by Gasteiger charge is 2.24. The Bertz CT molecular complexity index is 1350. The SMILES string of the molecule is COc1ccc(OCCn2cc(/C=C3/N=C(c4ccccc4)OC3=O)c3ccccc32)cc1. The molecule has 0 N–H and O–H groups in total. The smallest absolute Gasteiger partial charge is 0.363 e. The Balaban J connectivity index is 1.38. The minimum Gasteiger partial charge on any atom is -0.497 e. The van der Waals surface area contributed by atoms with Crippen LogP contribution in [-0.2, 0) is 16.1 Å². The van der Waals surface area contributed by atoms with Gasteiger partial charge in [-0.2, -0.15) is 0 Å². The van der Waals surface area contributed by atoms with Gasteiger partial charge in [-0.1, -0.05) is 36.4 Å². The highest BCUT2D eigenvalue weighted by Crippen LogP contribution is 2.26. The summed E-state index contributed by atoms with van der Waals surface area (Å²) in [5.74, 6) is 1.45. The molecule has 0 bridgehead atoms. The summed E-state index contributed by atoms with van der Waals surface area (Å²) < 4.78 is 18.6. The average molecular weight is 438 g/mol. The molecule has 1 aliphatic heterocycles. The zero-order valence-electron chi connectivity index (χ0n) is 18.1. The minimum atomic E-state index is -0.450. The Morgan fingerprint density at radius 1 is 0.939 bits per heavy atom. The first-order chi connectivity index (χ1) is 16.2. The van der Waals surface area contributed by atoms with Crippen LogP contribution in [0.5, 0.6) is 11.5 Å². The maximum absolute atomic E-state index is 12.4. The van der Waals surface area contributed by atoms with Crippen LogP contribution in [-0.4, -0.2) is 30.2 Å². The molecule has 6 nitrogen and oxygen atoms in total. The van der Waals surface area contributed by atoms with E-state index >= 15 is 0 Å². The fourth-order valence-corrected chi connectivity index (χ4v) is 3.77. The van der Waals surface area contributed by atoms with Crippen LogP contribution < -0.4 is 9.47 Å². The number of fused-ring (bicyclic) bond motifs is 1. The summed E-state index contributed by atoms with van der Waals surface area (Å²) in [6.45, 7) is 1.15. The van der Waals surface area contributed by atoms with Crippen LogP contribution >= 0.6 is 0 Å². The van der Waals surface area contributed by atoms with Gasteiger partial charge in [-0.3, -0.25) is 0 Å². The number of hydrogen-bond acceptors (Lipinski definition) is 5. The maximum Gasteiger partial charge on any atom is 0.363 e. The zero-order valence-corrected chi connectivity index (χ0v) is 18.1. The average Bonchev–Trinajstić information content (AvgIpc) is 3.41. The fraction of sp³-hybridized carbons (Fsp3) is 0.111. The number of carbonyl (C=O) groups is 1. The number of nitrogens with zero attached hydrogens (tertiary/aromatic N) is 2. The van der Waals surface area contributed by atoms with Gasteiger partial charge in [0.05, 0.1) is 13.7 Å². The Kier molecular flexibility index (Phi) is 5.64. The second kappa shape index (κ2) is 9.04. The van der Waals surface area contributed by atoms with Crippen molar-refractivity contribution in [3.05, 3.63) is 102 Å².